The number of anilines is 3. The molecule has 1 saturated heterocycles. The van der Waals surface area contributed by atoms with Gasteiger partial charge in [-0.2, -0.15) is 0 Å². The van der Waals surface area contributed by atoms with Gasteiger partial charge in [-0.05, 0) is 55.0 Å². The summed E-state index contributed by atoms with van der Waals surface area (Å²) in [7, 11) is -8.19. The molecule has 0 amide bonds. The number of nitrogens with zero attached hydrogens (tertiary/aromatic N) is 1. The molecule has 3 N–H and O–H groups in total. The van der Waals surface area contributed by atoms with Gasteiger partial charge in [0.25, 0.3) is 20.0 Å². The molecule has 0 spiro atoms. The summed E-state index contributed by atoms with van der Waals surface area (Å²) < 4.78 is 70.9. The number of nitrogens with one attached hydrogen (secondary N) is 3. The van der Waals surface area contributed by atoms with Crippen molar-refractivity contribution in [2.24, 2.45) is 0 Å². The SMILES string of the molecule is Cc1ccc(F)cc1S(=O)(=O)Nc1ccc(N2CCNCC2)cc1NS(=O)(=O)c1ccccc1. The van der Waals surface area contributed by atoms with Gasteiger partial charge in [0, 0.05) is 31.9 Å². The van der Waals surface area contributed by atoms with E-state index in [0.29, 0.717) is 5.56 Å². The Labute approximate surface area is 198 Å². The van der Waals surface area contributed by atoms with Crippen LogP contribution in [0, 0.1) is 12.7 Å². The fourth-order valence-corrected chi connectivity index (χ4v) is 6.12. The van der Waals surface area contributed by atoms with Crippen LogP contribution >= 0.6 is 0 Å². The lowest BCUT2D eigenvalue weighted by Crippen LogP contribution is -2.43. The Morgan fingerprint density at radius 3 is 2.21 bits per heavy atom. The van der Waals surface area contributed by atoms with Gasteiger partial charge in [-0.15, -0.1) is 0 Å². The van der Waals surface area contributed by atoms with Crippen molar-refractivity contribution in [1.29, 1.82) is 0 Å². The van der Waals surface area contributed by atoms with E-state index in [0.717, 1.165) is 37.9 Å². The highest BCUT2D eigenvalue weighted by Gasteiger charge is 2.23. The summed E-state index contributed by atoms with van der Waals surface area (Å²) >= 11 is 0. The first-order chi connectivity index (χ1) is 16.2. The van der Waals surface area contributed by atoms with E-state index in [4.69, 9.17) is 0 Å². The fourth-order valence-electron chi connectivity index (χ4n) is 3.69. The minimum absolute atomic E-state index is 0.0297. The summed E-state index contributed by atoms with van der Waals surface area (Å²) in [6, 6.07) is 16.1. The van der Waals surface area contributed by atoms with Crippen LogP contribution in [0.25, 0.3) is 0 Å². The van der Waals surface area contributed by atoms with Gasteiger partial charge in [0.15, 0.2) is 0 Å². The number of aryl methyl sites for hydroxylation is 1. The van der Waals surface area contributed by atoms with E-state index in [2.05, 4.69) is 19.7 Å². The first kappa shape index (κ1) is 24.0. The zero-order valence-corrected chi connectivity index (χ0v) is 20.1. The molecule has 180 valence electrons. The summed E-state index contributed by atoms with van der Waals surface area (Å²) in [5.74, 6) is -0.690. The molecule has 0 aromatic heterocycles. The van der Waals surface area contributed by atoms with Crippen molar-refractivity contribution >= 4 is 37.1 Å². The fraction of sp³-hybridized carbons (Fsp3) is 0.217. The highest BCUT2D eigenvalue weighted by Crippen LogP contribution is 2.32. The van der Waals surface area contributed by atoms with Crippen molar-refractivity contribution in [3.63, 3.8) is 0 Å². The minimum Gasteiger partial charge on any atom is -0.369 e. The Hall–Kier alpha value is -3.15. The predicted octanol–water partition coefficient (Wildman–Crippen LogP) is 3.15. The molecule has 1 heterocycles. The average molecular weight is 505 g/mol. The molecular weight excluding hydrogens is 479 g/mol. The maximum atomic E-state index is 13.8. The van der Waals surface area contributed by atoms with E-state index in [1.165, 1.54) is 30.3 Å². The largest absolute Gasteiger partial charge is 0.369 e. The van der Waals surface area contributed by atoms with Crippen LogP contribution in [0.5, 0.6) is 0 Å². The minimum atomic E-state index is -4.20. The van der Waals surface area contributed by atoms with Crippen molar-refractivity contribution in [2.45, 2.75) is 16.7 Å². The molecule has 1 aliphatic heterocycles. The van der Waals surface area contributed by atoms with Crippen molar-refractivity contribution < 1.29 is 21.2 Å². The Bertz CT molecular complexity index is 1390. The van der Waals surface area contributed by atoms with E-state index >= 15 is 0 Å². The van der Waals surface area contributed by atoms with Crippen LogP contribution in [0.3, 0.4) is 0 Å². The Morgan fingerprint density at radius 1 is 0.824 bits per heavy atom. The van der Waals surface area contributed by atoms with E-state index < -0.39 is 25.9 Å². The summed E-state index contributed by atoms with van der Waals surface area (Å²) in [5, 5.41) is 3.25. The summed E-state index contributed by atoms with van der Waals surface area (Å²) in [4.78, 5) is 1.89. The average Bonchev–Trinajstić information content (AvgIpc) is 2.82. The maximum Gasteiger partial charge on any atom is 0.262 e. The van der Waals surface area contributed by atoms with Crippen LogP contribution in [0.15, 0.2) is 76.5 Å². The predicted molar refractivity (Wildman–Crippen MR) is 131 cm³/mol. The molecule has 8 nitrogen and oxygen atoms in total. The van der Waals surface area contributed by atoms with Crippen molar-refractivity contribution in [3.8, 4) is 0 Å². The van der Waals surface area contributed by atoms with E-state index in [9.17, 15) is 21.2 Å². The Balaban J connectivity index is 1.74. The molecule has 11 heteroatoms. The van der Waals surface area contributed by atoms with E-state index in [1.807, 2.05) is 0 Å². The van der Waals surface area contributed by atoms with Crippen molar-refractivity contribution in [3.05, 3.63) is 78.1 Å². The zero-order chi connectivity index (χ0) is 24.3. The molecule has 0 atom stereocenters. The highest BCUT2D eigenvalue weighted by atomic mass is 32.2. The third-order valence-electron chi connectivity index (χ3n) is 5.47. The number of halogens is 1. The van der Waals surface area contributed by atoms with E-state index in [-0.39, 0.29) is 21.2 Å². The van der Waals surface area contributed by atoms with Gasteiger partial charge in [-0.1, -0.05) is 24.3 Å². The third-order valence-corrected chi connectivity index (χ3v) is 8.36. The van der Waals surface area contributed by atoms with Gasteiger partial charge in [-0.3, -0.25) is 9.44 Å². The van der Waals surface area contributed by atoms with Gasteiger partial charge in [-0.25, -0.2) is 21.2 Å². The monoisotopic (exact) mass is 504 g/mol. The van der Waals surface area contributed by atoms with Crippen LogP contribution in [-0.4, -0.2) is 43.0 Å². The number of hydrogen-bond donors (Lipinski definition) is 3. The summed E-state index contributed by atoms with van der Waals surface area (Å²) in [6.45, 7) is 4.55. The molecular formula is C23H25FN4O4S2. The number of sulfonamides is 2. The molecule has 0 radical (unpaired) electrons. The number of rotatable bonds is 7. The number of piperazine rings is 1. The second kappa shape index (κ2) is 9.61. The standard InChI is InChI=1S/C23H25FN4O4S2/c1-17-7-8-18(24)15-23(17)34(31,32)26-21-10-9-19(28-13-11-25-12-14-28)16-22(21)27-33(29,30)20-5-3-2-4-6-20/h2-10,15-16,25-27H,11-14H2,1H3. The van der Waals surface area contributed by atoms with Crippen molar-refractivity contribution in [1.82, 2.24) is 5.32 Å². The molecule has 0 bridgehead atoms. The molecule has 1 fully saturated rings. The van der Waals surface area contributed by atoms with Crippen LogP contribution in [-0.2, 0) is 20.0 Å². The van der Waals surface area contributed by atoms with E-state index in [1.54, 1.807) is 37.3 Å². The van der Waals surface area contributed by atoms with Gasteiger partial charge in [0.1, 0.15) is 5.82 Å². The quantitative estimate of drug-likeness (QED) is 0.456. The lowest BCUT2D eigenvalue weighted by atomic mass is 10.2. The smallest absolute Gasteiger partial charge is 0.262 e. The van der Waals surface area contributed by atoms with Crippen molar-refractivity contribution in [2.75, 3.05) is 40.5 Å². The topological polar surface area (TPSA) is 108 Å². The lowest BCUT2D eigenvalue weighted by molar-refractivity contribution is 0.589. The number of benzene rings is 3. The molecule has 34 heavy (non-hydrogen) atoms. The first-order valence-electron chi connectivity index (χ1n) is 10.6. The third kappa shape index (κ3) is 5.32. The molecule has 1 aliphatic rings. The highest BCUT2D eigenvalue weighted by molar-refractivity contribution is 7.93. The Morgan fingerprint density at radius 2 is 1.50 bits per heavy atom. The lowest BCUT2D eigenvalue weighted by Gasteiger charge is -2.30. The molecule has 0 aliphatic carbocycles. The maximum absolute atomic E-state index is 13.8. The zero-order valence-electron chi connectivity index (χ0n) is 18.5. The summed E-state index contributed by atoms with van der Waals surface area (Å²) in [5.41, 5.74) is 1.20. The number of hydrogen-bond acceptors (Lipinski definition) is 6. The second-order valence-electron chi connectivity index (χ2n) is 7.90. The Kier molecular flexibility index (Phi) is 6.78. The molecule has 4 rings (SSSR count). The molecule has 0 unspecified atom stereocenters. The second-order valence-corrected chi connectivity index (χ2v) is 11.2. The van der Waals surface area contributed by atoms with Crippen LogP contribution in [0.2, 0.25) is 0 Å². The first-order valence-corrected chi connectivity index (χ1v) is 13.6. The van der Waals surface area contributed by atoms with Crippen LogP contribution in [0.4, 0.5) is 21.5 Å². The van der Waals surface area contributed by atoms with Gasteiger partial charge in [0.05, 0.1) is 21.2 Å². The van der Waals surface area contributed by atoms with Gasteiger partial charge < -0.3 is 10.2 Å². The van der Waals surface area contributed by atoms with Crippen LogP contribution < -0.4 is 19.7 Å². The molecule has 3 aromatic carbocycles. The summed E-state index contributed by atoms with van der Waals surface area (Å²) in [6.07, 6.45) is 0. The van der Waals surface area contributed by atoms with Gasteiger partial charge in [0.2, 0.25) is 0 Å². The molecule has 0 saturated carbocycles. The molecule has 3 aromatic rings. The van der Waals surface area contributed by atoms with Crippen LogP contribution in [0.1, 0.15) is 5.56 Å². The normalized spacial score (nSPS) is 14.6. The van der Waals surface area contributed by atoms with Gasteiger partial charge >= 0.3 is 0 Å².